The van der Waals surface area contributed by atoms with Gasteiger partial charge < -0.3 is 10.0 Å². The largest absolute Gasteiger partial charge is 0.477 e. The van der Waals surface area contributed by atoms with E-state index in [9.17, 15) is 14.3 Å². The van der Waals surface area contributed by atoms with E-state index in [0.29, 0.717) is 10.8 Å². The van der Waals surface area contributed by atoms with Gasteiger partial charge in [0, 0.05) is 11.3 Å². The lowest BCUT2D eigenvalue weighted by molar-refractivity contribution is -0.131. The van der Waals surface area contributed by atoms with Crippen LogP contribution in [0.25, 0.3) is 0 Å². The lowest BCUT2D eigenvalue weighted by atomic mass is 9.80. The summed E-state index contributed by atoms with van der Waals surface area (Å²) in [6, 6.07) is 7.09. The van der Waals surface area contributed by atoms with Gasteiger partial charge >= 0.3 is 5.97 Å². The van der Waals surface area contributed by atoms with Gasteiger partial charge in [-0.1, -0.05) is 18.2 Å². The third kappa shape index (κ3) is 3.98. The van der Waals surface area contributed by atoms with E-state index in [-0.39, 0.29) is 11.9 Å². The standard InChI is InChI=1S/C20H25FNO2S/c1-22(2)19(15-5-3-6-16(21)13-15)14-8-10-17(11-9-14)25-12-4-7-18(25)20(23)24/h3-7,12-14,19,25H,8-11H2,1-2H3,(H,23,24). The Labute approximate surface area is 151 Å². The van der Waals surface area contributed by atoms with Crippen LogP contribution in [0, 0.1) is 17.0 Å². The molecule has 1 radical (unpaired) electrons. The predicted molar refractivity (Wildman–Crippen MR) is 102 cm³/mol. The number of thiol groups is 1. The molecule has 1 heterocycles. The van der Waals surface area contributed by atoms with E-state index in [1.54, 1.807) is 18.2 Å². The Bertz CT molecular complexity index is 693. The van der Waals surface area contributed by atoms with Crippen molar-refractivity contribution in [2.45, 2.75) is 31.7 Å². The summed E-state index contributed by atoms with van der Waals surface area (Å²) in [6.07, 6.45) is 7.59. The van der Waals surface area contributed by atoms with Crippen LogP contribution in [0.2, 0.25) is 0 Å². The molecule has 0 bridgehead atoms. The number of aliphatic carboxylic acids is 1. The molecule has 0 spiro atoms. The van der Waals surface area contributed by atoms with Crippen molar-refractivity contribution in [3.63, 3.8) is 0 Å². The fraction of sp³-hybridized carbons (Fsp3) is 0.400. The van der Waals surface area contributed by atoms with Crippen LogP contribution in [-0.4, -0.2) is 30.1 Å². The fourth-order valence-electron chi connectivity index (χ4n) is 4.04. The first-order chi connectivity index (χ1) is 12.0. The van der Waals surface area contributed by atoms with Crippen molar-refractivity contribution < 1.29 is 14.3 Å². The van der Waals surface area contributed by atoms with Crippen molar-refractivity contribution >= 4 is 16.9 Å². The van der Waals surface area contributed by atoms with Crippen LogP contribution in [0.15, 0.2) is 46.7 Å². The Kier molecular flexibility index (Phi) is 5.64. The molecule has 2 aliphatic rings. The Morgan fingerprint density at radius 2 is 2.04 bits per heavy atom. The molecule has 2 unspecified atom stereocenters. The highest BCUT2D eigenvalue weighted by molar-refractivity contribution is 8.26. The number of halogens is 1. The van der Waals surface area contributed by atoms with Crippen molar-refractivity contribution in [2.75, 3.05) is 14.1 Å². The lowest BCUT2D eigenvalue weighted by Crippen LogP contribution is -2.30. The van der Waals surface area contributed by atoms with Crippen molar-refractivity contribution in [3.05, 3.63) is 63.4 Å². The van der Waals surface area contributed by atoms with Gasteiger partial charge in [-0.2, -0.15) is 10.9 Å². The average Bonchev–Trinajstić information content (AvgIpc) is 3.05. The summed E-state index contributed by atoms with van der Waals surface area (Å²) in [7, 11) is 3.34. The van der Waals surface area contributed by atoms with Crippen molar-refractivity contribution in [1.29, 1.82) is 0 Å². The van der Waals surface area contributed by atoms with Crippen LogP contribution < -0.4 is 0 Å². The third-order valence-electron chi connectivity index (χ3n) is 5.11. The van der Waals surface area contributed by atoms with Gasteiger partial charge in [0.1, 0.15) is 5.82 Å². The maximum absolute atomic E-state index is 13.7. The summed E-state index contributed by atoms with van der Waals surface area (Å²) < 4.78 is 13.7. The zero-order chi connectivity index (χ0) is 18.0. The number of hydrogen-bond donors (Lipinski definition) is 2. The minimum absolute atomic E-state index is 0.191. The molecule has 1 N–H and O–H groups in total. The number of benzene rings is 1. The molecule has 135 valence electrons. The van der Waals surface area contributed by atoms with Crippen LogP contribution >= 0.6 is 10.9 Å². The van der Waals surface area contributed by atoms with Gasteiger partial charge in [0.2, 0.25) is 0 Å². The number of rotatable bonds is 5. The molecule has 1 aliphatic heterocycles. The molecule has 3 nitrogen and oxygen atoms in total. The molecule has 5 heteroatoms. The second kappa shape index (κ2) is 7.75. The van der Waals surface area contributed by atoms with E-state index in [1.165, 1.54) is 11.3 Å². The smallest absolute Gasteiger partial charge is 0.340 e. The molecule has 25 heavy (non-hydrogen) atoms. The molecular formula is C20H25FNO2S. The van der Waals surface area contributed by atoms with Gasteiger partial charge in [-0.3, -0.25) is 0 Å². The Balaban J connectivity index is 1.69. The molecule has 1 saturated carbocycles. The zero-order valence-corrected chi connectivity index (χ0v) is 15.5. The molecule has 1 aromatic carbocycles. The van der Waals surface area contributed by atoms with Gasteiger partial charge in [0.05, 0.1) is 4.91 Å². The van der Waals surface area contributed by atoms with Gasteiger partial charge in [0.25, 0.3) is 0 Å². The molecule has 1 fully saturated rings. The molecule has 0 amide bonds. The molecule has 0 aromatic heterocycles. The van der Waals surface area contributed by atoms with Crippen LogP contribution in [-0.2, 0) is 4.79 Å². The number of allylic oxidation sites excluding steroid dienone is 2. The second-order valence-electron chi connectivity index (χ2n) is 6.94. The third-order valence-corrected chi connectivity index (χ3v) is 7.57. The van der Waals surface area contributed by atoms with Gasteiger partial charge in [0.15, 0.2) is 0 Å². The average molecular weight is 362 g/mol. The summed E-state index contributed by atoms with van der Waals surface area (Å²) in [4.78, 5) is 14.1. The van der Waals surface area contributed by atoms with Crippen molar-refractivity contribution in [1.82, 2.24) is 4.90 Å². The second-order valence-corrected chi connectivity index (χ2v) is 9.09. The molecule has 1 aromatic rings. The highest BCUT2D eigenvalue weighted by Crippen LogP contribution is 2.56. The van der Waals surface area contributed by atoms with Crippen LogP contribution in [0.3, 0.4) is 0 Å². The first kappa shape index (κ1) is 18.2. The van der Waals surface area contributed by atoms with Gasteiger partial charge in [-0.15, -0.1) is 0 Å². The number of hydrogen-bond acceptors (Lipinski definition) is 2. The summed E-state index contributed by atoms with van der Waals surface area (Å²) in [5.74, 6) is -0.528. The minimum atomic E-state index is -0.795. The quantitative estimate of drug-likeness (QED) is 0.749. The van der Waals surface area contributed by atoms with Gasteiger partial charge in [-0.25, -0.2) is 9.18 Å². The maximum Gasteiger partial charge on any atom is 0.340 e. The van der Waals surface area contributed by atoms with Gasteiger partial charge in [-0.05, 0) is 74.9 Å². The number of nitrogens with zero attached hydrogens (tertiary/aromatic N) is 1. The summed E-state index contributed by atoms with van der Waals surface area (Å²) >= 11 is 0. The van der Waals surface area contributed by atoms with Crippen LogP contribution in [0.4, 0.5) is 4.39 Å². The van der Waals surface area contributed by atoms with E-state index >= 15 is 0 Å². The van der Waals surface area contributed by atoms with E-state index in [0.717, 1.165) is 31.2 Å². The Hall–Kier alpha value is -1.59. The highest BCUT2D eigenvalue weighted by Gasteiger charge is 2.34. The maximum atomic E-state index is 13.7. The molecule has 2 atom stereocenters. The SMILES string of the molecule is CN(C)C(c1cccc(F)c1)C1CC[C]([SH]2C=CC=C2C(=O)O)CC1. The number of carboxylic acid groups (broad SMARTS) is 1. The topological polar surface area (TPSA) is 40.5 Å². The normalized spacial score (nSPS) is 24.5. The molecule has 0 saturated heterocycles. The van der Waals surface area contributed by atoms with Crippen molar-refractivity contribution in [2.24, 2.45) is 5.92 Å². The lowest BCUT2D eigenvalue weighted by Gasteiger charge is -2.39. The first-order valence-corrected chi connectivity index (χ1v) is 10.1. The van der Waals surface area contributed by atoms with E-state index in [4.69, 9.17) is 0 Å². The van der Waals surface area contributed by atoms with E-state index in [1.807, 2.05) is 26.2 Å². The minimum Gasteiger partial charge on any atom is -0.477 e. The summed E-state index contributed by atoms with van der Waals surface area (Å²) in [5, 5.41) is 12.8. The summed E-state index contributed by atoms with van der Waals surface area (Å²) in [6.45, 7) is 0. The fourth-order valence-corrected chi connectivity index (χ4v) is 6.21. The van der Waals surface area contributed by atoms with Crippen LogP contribution in [0.5, 0.6) is 0 Å². The zero-order valence-electron chi connectivity index (χ0n) is 14.7. The predicted octanol–water partition coefficient (Wildman–Crippen LogP) is 4.65. The molecular weight excluding hydrogens is 337 g/mol. The molecule has 3 rings (SSSR count). The van der Waals surface area contributed by atoms with E-state index < -0.39 is 16.9 Å². The summed E-state index contributed by atoms with van der Waals surface area (Å²) in [5.41, 5.74) is 1.02. The number of carbonyl (C=O) groups is 1. The Morgan fingerprint density at radius 3 is 2.64 bits per heavy atom. The van der Waals surface area contributed by atoms with Crippen molar-refractivity contribution in [3.8, 4) is 0 Å². The number of carboxylic acids is 1. The molecule has 1 aliphatic carbocycles. The first-order valence-electron chi connectivity index (χ1n) is 8.65. The monoisotopic (exact) mass is 362 g/mol. The highest BCUT2D eigenvalue weighted by atomic mass is 32.2. The van der Waals surface area contributed by atoms with E-state index in [2.05, 4.69) is 10.3 Å². The van der Waals surface area contributed by atoms with Crippen LogP contribution in [0.1, 0.15) is 37.3 Å². The Morgan fingerprint density at radius 1 is 1.32 bits per heavy atom.